The van der Waals surface area contributed by atoms with Crippen LogP contribution in [0.1, 0.15) is 23.3 Å². The van der Waals surface area contributed by atoms with Crippen molar-refractivity contribution in [3.8, 4) is 5.69 Å². The number of anilines is 1. The van der Waals surface area contributed by atoms with Gasteiger partial charge in [0.05, 0.1) is 5.02 Å². The van der Waals surface area contributed by atoms with Gasteiger partial charge in [-0.2, -0.15) is 0 Å². The van der Waals surface area contributed by atoms with Crippen LogP contribution in [0.4, 0.5) is 5.82 Å². The van der Waals surface area contributed by atoms with Crippen molar-refractivity contribution < 1.29 is 9.90 Å². The molecule has 1 aromatic carbocycles. The zero-order valence-corrected chi connectivity index (χ0v) is 11.4. The van der Waals surface area contributed by atoms with Crippen molar-refractivity contribution in [2.45, 2.75) is 12.8 Å². The van der Waals surface area contributed by atoms with Crippen molar-refractivity contribution in [2.75, 3.05) is 18.0 Å². The normalized spacial score (nSPS) is 14.8. The summed E-state index contributed by atoms with van der Waals surface area (Å²) in [6.45, 7) is 1.61. The SMILES string of the molecule is O=C(O)c1nn(-c2ccccc2Cl)nc1N1CCCC1. The number of benzene rings is 1. The third-order valence-corrected chi connectivity index (χ3v) is 3.59. The highest BCUT2D eigenvalue weighted by Gasteiger charge is 2.25. The van der Waals surface area contributed by atoms with E-state index in [9.17, 15) is 9.90 Å². The number of carboxylic acid groups (broad SMARTS) is 1. The van der Waals surface area contributed by atoms with Crippen LogP contribution in [0.15, 0.2) is 24.3 Å². The number of carbonyl (C=O) groups is 1. The van der Waals surface area contributed by atoms with Crippen LogP contribution in [-0.4, -0.2) is 39.2 Å². The fourth-order valence-corrected chi connectivity index (χ4v) is 2.51. The molecule has 1 aliphatic rings. The smallest absolute Gasteiger partial charge is 0.360 e. The van der Waals surface area contributed by atoms with Crippen LogP contribution in [0.5, 0.6) is 0 Å². The second-order valence-electron chi connectivity index (χ2n) is 4.61. The molecule has 0 spiro atoms. The van der Waals surface area contributed by atoms with Crippen molar-refractivity contribution in [3.05, 3.63) is 35.0 Å². The van der Waals surface area contributed by atoms with Crippen molar-refractivity contribution in [2.24, 2.45) is 0 Å². The number of halogens is 1. The predicted octanol–water partition coefficient (Wildman–Crippen LogP) is 2.22. The Morgan fingerprint density at radius 2 is 1.90 bits per heavy atom. The highest BCUT2D eigenvalue weighted by atomic mass is 35.5. The molecule has 1 aliphatic heterocycles. The molecule has 20 heavy (non-hydrogen) atoms. The van der Waals surface area contributed by atoms with Crippen molar-refractivity contribution in [3.63, 3.8) is 0 Å². The molecule has 0 aliphatic carbocycles. The third kappa shape index (κ3) is 2.22. The molecule has 0 bridgehead atoms. The summed E-state index contributed by atoms with van der Waals surface area (Å²) in [4.78, 5) is 14.6. The largest absolute Gasteiger partial charge is 0.476 e. The van der Waals surface area contributed by atoms with Gasteiger partial charge in [-0.15, -0.1) is 15.0 Å². The summed E-state index contributed by atoms with van der Waals surface area (Å²) in [7, 11) is 0. The standard InChI is InChI=1S/C13H13ClN4O2/c14-9-5-1-2-6-10(9)18-15-11(13(19)20)12(16-18)17-7-3-4-8-17/h1-2,5-6H,3-4,7-8H2,(H,19,20). The Morgan fingerprint density at radius 3 is 2.55 bits per heavy atom. The van der Waals surface area contributed by atoms with Gasteiger partial charge in [-0.05, 0) is 25.0 Å². The van der Waals surface area contributed by atoms with Crippen molar-refractivity contribution >= 4 is 23.4 Å². The van der Waals surface area contributed by atoms with Gasteiger partial charge in [0.2, 0.25) is 5.69 Å². The third-order valence-electron chi connectivity index (χ3n) is 3.27. The summed E-state index contributed by atoms with van der Waals surface area (Å²) in [5, 5.41) is 18.1. The van der Waals surface area contributed by atoms with Crippen LogP contribution in [0.25, 0.3) is 5.69 Å². The zero-order chi connectivity index (χ0) is 14.1. The molecule has 3 rings (SSSR count). The van der Waals surface area contributed by atoms with E-state index in [4.69, 9.17) is 11.6 Å². The Bertz CT molecular complexity index is 650. The van der Waals surface area contributed by atoms with E-state index in [0.717, 1.165) is 25.9 Å². The van der Waals surface area contributed by atoms with Gasteiger partial charge in [-0.3, -0.25) is 0 Å². The van der Waals surface area contributed by atoms with Crippen LogP contribution in [0.3, 0.4) is 0 Å². The first kappa shape index (κ1) is 12.9. The molecule has 6 nitrogen and oxygen atoms in total. The predicted molar refractivity (Wildman–Crippen MR) is 74.8 cm³/mol. The first-order valence-corrected chi connectivity index (χ1v) is 6.75. The van der Waals surface area contributed by atoms with E-state index in [1.54, 1.807) is 24.3 Å². The van der Waals surface area contributed by atoms with E-state index in [0.29, 0.717) is 16.5 Å². The minimum absolute atomic E-state index is 0.0354. The fourth-order valence-electron chi connectivity index (χ4n) is 2.30. The van der Waals surface area contributed by atoms with E-state index >= 15 is 0 Å². The van der Waals surface area contributed by atoms with E-state index in [-0.39, 0.29) is 5.69 Å². The fraction of sp³-hybridized carbons (Fsp3) is 0.308. The maximum Gasteiger partial charge on any atom is 0.360 e. The topological polar surface area (TPSA) is 71.2 Å². The van der Waals surface area contributed by atoms with Crippen LogP contribution >= 0.6 is 11.6 Å². The van der Waals surface area contributed by atoms with Gasteiger partial charge in [0, 0.05) is 13.1 Å². The zero-order valence-electron chi connectivity index (χ0n) is 10.7. The van der Waals surface area contributed by atoms with E-state index in [1.807, 2.05) is 4.90 Å². The Kier molecular flexibility index (Phi) is 3.31. The summed E-state index contributed by atoms with van der Waals surface area (Å²) in [6, 6.07) is 7.08. The molecule has 0 saturated carbocycles. The van der Waals surface area contributed by atoms with Gasteiger partial charge in [0.25, 0.3) is 0 Å². The number of rotatable bonds is 3. The Labute approximate surface area is 120 Å². The summed E-state index contributed by atoms with van der Waals surface area (Å²) >= 11 is 6.10. The number of nitrogens with zero attached hydrogens (tertiary/aromatic N) is 4. The van der Waals surface area contributed by atoms with E-state index in [1.165, 1.54) is 4.80 Å². The molecular formula is C13H13ClN4O2. The maximum absolute atomic E-state index is 11.3. The van der Waals surface area contributed by atoms with Gasteiger partial charge < -0.3 is 10.0 Å². The Balaban J connectivity index is 2.07. The lowest BCUT2D eigenvalue weighted by molar-refractivity contribution is 0.0690. The van der Waals surface area contributed by atoms with Gasteiger partial charge in [-0.1, -0.05) is 23.7 Å². The van der Waals surface area contributed by atoms with Gasteiger partial charge in [-0.25, -0.2) is 4.79 Å². The molecule has 0 unspecified atom stereocenters. The molecule has 1 aromatic heterocycles. The minimum atomic E-state index is -1.08. The molecule has 2 aromatic rings. The van der Waals surface area contributed by atoms with Crippen LogP contribution in [-0.2, 0) is 0 Å². The molecule has 104 valence electrons. The average molecular weight is 293 g/mol. The number of para-hydroxylation sites is 1. The highest BCUT2D eigenvalue weighted by molar-refractivity contribution is 6.32. The maximum atomic E-state index is 11.3. The van der Waals surface area contributed by atoms with Gasteiger partial charge >= 0.3 is 5.97 Å². The first-order valence-electron chi connectivity index (χ1n) is 6.37. The minimum Gasteiger partial charge on any atom is -0.476 e. The molecule has 1 fully saturated rings. The van der Waals surface area contributed by atoms with Gasteiger partial charge in [0.15, 0.2) is 5.82 Å². The molecule has 0 amide bonds. The molecule has 1 saturated heterocycles. The monoisotopic (exact) mass is 292 g/mol. The van der Waals surface area contributed by atoms with Crippen LogP contribution in [0, 0.1) is 0 Å². The lowest BCUT2D eigenvalue weighted by Gasteiger charge is -2.13. The second-order valence-corrected chi connectivity index (χ2v) is 5.02. The number of hydrogen-bond donors (Lipinski definition) is 1. The summed E-state index contributed by atoms with van der Waals surface area (Å²) < 4.78 is 0. The Morgan fingerprint density at radius 1 is 1.20 bits per heavy atom. The van der Waals surface area contributed by atoms with E-state index < -0.39 is 5.97 Å². The lowest BCUT2D eigenvalue weighted by atomic mass is 10.3. The number of carboxylic acids is 1. The molecular weight excluding hydrogens is 280 g/mol. The molecule has 2 heterocycles. The summed E-state index contributed by atoms with van der Waals surface area (Å²) in [5.41, 5.74) is 0.536. The average Bonchev–Trinajstić information content (AvgIpc) is 3.08. The quantitative estimate of drug-likeness (QED) is 0.939. The lowest BCUT2D eigenvalue weighted by Crippen LogP contribution is -2.20. The van der Waals surface area contributed by atoms with E-state index in [2.05, 4.69) is 10.2 Å². The molecule has 0 radical (unpaired) electrons. The first-order chi connectivity index (χ1) is 9.66. The number of aromatic nitrogens is 3. The molecule has 0 atom stereocenters. The summed E-state index contributed by atoms with van der Waals surface area (Å²) in [6.07, 6.45) is 2.08. The molecule has 1 N–H and O–H groups in total. The van der Waals surface area contributed by atoms with Gasteiger partial charge in [0.1, 0.15) is 5.69 Å². The summed E-state index contributed by atoms with van der Waals surface area (Å²) in [5.74, 6) is -0.667. The molecule has 7 heteroatoms. The van der Waals surface area contributed by atoms with Crippen LogP contribution < -0.4 is 4.90 Å². The van der Waals surface area contributed by atoms with Crippen molar-refractivity contribution in [1.29, 1.82) is 0 Å². The van der Waals surface area contributed by atoms with Crippen LogP contribution in [0.2, 0.25) is 5.02 Å². The Hall–Kier alpha value is -2.08. The number of hydrogen-bond acceptors (Lipinski definition) is 4. The second kappa shape index (κ2) is 5.13. The highest BCUT2D eigenvalue weighted by Crippen LogP contribution is 2.24. The number of aromatic carboxylic acids is 1. The van der Waals surface area contributed by atoms with Crippen molar-refractivity contribution in [1.82, 2.24) is 15.0 Å².